The molecule has 0 radical (unpaired) electrons. The molecule has 2 rings (SSSR count). The number of nitrogens with two attached hydrogens (primary N) is 1. The summed E-state index contributed by atoms with van der Waals surface area (Å²) in [6, 6.07) is 5.76. The molecule has 28 heavy (non-hydrogen) atoms. The number of amides is 1. The van der Waals surface area contributed by atoms with Gasteiger partial charge in [0.15, 0.2) is 0 Å². The molecule has 1 fully saturated rings. The fraction of sp³-hybridized carbons (Fsp3) is 0.611. The van der Waals surface area contributed by atoms with Crippen LogP contribution in [0.25, 0.3) is 0 Å². The molecular weight excluding hydrogens is 423 g/mol. The summed E-state index contributed by atoms with van der Waals surface area (Å²) in [5, 5.41) is 2.74. The quantitative estimate of drug-likeness (QED) is 0.686. The fourth-order valence-electron chi connectivity index (χ4n) is 2.88. The first kappa shape index (κ1) is 27.1. The second kappa shape index (κ2) is 11.9. The highest BCUT2D eigenvalue weighted by Gasteiger charge is 2.27. The van der Waals surface area contributed by atoms with Gasteiger partial charge in [0.05, 0.1) is 10.9 Å². The lowest BCUT2D eigenvalue weighted by Crippen LogP contribution is -2.40. The van der Waals surface area contributed by atoms with Crippen LogP contribution < -0.4 is 11.1 Å². The largest absolute Gasteiger partial charge is 0.325 e. The van der Waals surface area contributed by atoms with Gasteiger partial charge in [-0.1, -0.05) is 26.3 Å². The predicted octanol–water partition coefficient (Wildman–Crippen LogP) is 2.17. The molecule has 2 unspecified atom stereocenters. The number of likely N-dealkylation sites (N-methyl/N-ethyl adjacent to an activating group) is 1. The monoisotopic (exact) mass is 454 g/mol. The summed E-state index contributed by atoms with van der Waals surface area (Å²) in [6.07, 6.45) is 1.60. The van der Waals surface area contributed by atoms with E-state index in [1.165, 1.54) is 10.4 Å². The van der Waals surface area contributed by atoms with Crippen molar-refractivity contribution in [2.45, 2.75) is 37.6 Å². The summed E-state index contributed by atoms with van der Waals surface area (Å²) in [7, 11) is -1.59. The van der Waals surface area contributed by atoms with E-state index in [4.69, 9.17) is 5.73 Å². The Hall–Kier alpha value is -0.900. The molecule has 0 aromatic heterocycles. The smallest absolute Gasteiger partial charge is 0.243 e. The maximum atomic E-state index is 12.9. The Balaban J connectivity index is 0.00000364. The van der Waals surface area contributed by atoms with Gasteiger partial charge in [-0.25, -0.2) is 8.42 Å². The minimum Gasteiger partial charge on any atom is -0.325 e. The minimum absolute atomic E-state index is 0. The first-order valence-corrected chi connectivity index (χ1v) is 10.5. The lowest BCUT2D eigenvalue weighted by Gasteiger charge is -2.21. The average molecular weight is 455 g/mol. The van der Waals surface area contributed by atoms with E-state index < -0.39 is 16.1 Å². The van der Waals surface area contributed by atoms with E-state index in [-0.39, 0.29) is 41.5 Å². The number of sulfonamides is 1. The van der Waals surface area contributed by atoms with Gasteiger partial charge in [0.2, 0.25) is 15.9 Å². The fourth-order valence-corrected chi connectivity index (χ4v) is 4.40. The van der Waals surface area contributed by atoms with Crippen molar-refractivity contribution < 1.29 is 13.2 Å². The SMILES string of the molecule is CCC(C)C(N)C(=O)Nc1cccc(S(=O)(=O)N2CCCN(C)CC2)c1.Cl.Cl. The highest BCUT2D eigenvalue weighted by molar-refractivity contribution is 7.89. The Morgan fingerprint density at radius 3 is 2.54 bits per heavy atom. The molecule has 1 aromatic rings. The van der Waals surface area contributed by atoms with E-state index in [0.29, 0.717) is 25.3 Å². The van der Waals surface area contributed by atoms with Crippen LogP contribution in [-0.4, -0.2) is 62.8 Å². The molecule has 1 aliphatic heterocycles. The third-order valence-corrected chi connectivity index (χ3v) is 6.87. The Morgan fingerprint density at radius 1 is 1.21 bits per heavy atom. The minimum atomic E-state index is -3.58. The van der Waals surface area contributed by atoms with Crippen molar-refractivity contribution in [2.75, 3.05) is 38.5 Å². The molecule has 0 saturated carbocycles. The number of hydrogen-bond acceptors (Lipinski definition) is 5. The van der Waals surface area contributed by atoms with Crippen molar-refractivity contribution in [3.63, 3.8) is 0 Å². The molecule has 10 heteroatoms. The third kappa shape index (κ3) is 6.86. The number of halogens is 2. The molecule has 3 N–H and O–H groups in total. The number of anilines is 1. The Bertz CT molecular complexity index is 733. The zero-order chi connectivity index (χ0) is 19.3. The van der Waals surface area contributed by atoms with Crippen LogP contribution in [0.5, 0.6) is 0 Å². The lowest BCUT2D eigenvalue weighted by atomic mass is 9.99. The van der Waals surface area contributed by atoms with Gasteiger partial charge in [-0.15, -0.1) is 24.8 Å². The van der Waals surface area contributed by atoms with Crippen LogP contribution in [0.3, 0.4) is 0 Å². The van der Waals surface area contributed by atoms with Crippen molar-refractivity contribution in [2.24, 2.45) is 11.7 Å². The van der Waals surface area contributed by atoms with E-state index >= 15 is 0 Å². The third-order valence-electron chi connectivity index (χ3n) is 4.98. The zero-order valence-electron chi connectivity index (χ0n) is 16.6. The molecule has 1 aliphatic rings. The summed E-state index contributed by atoms with van der Waals surface area (Å²) >= 11 is 0. The molecule has 2 atom stereocenters. The van der Waals surface area contributed by atoms with Crippen LogP contribution in [0, 0.1) is 5.92 Å². The topological polar surface area (TPSA) is 95.7 Å². The van der Waals surface area contributed by atoms with Gasteiger partial charge in [-0.3, -0.25) is 4.79 Å². The normalized spacial score (nSPS) is 18.1. The van der Waals surface area contributed by atoms with E-state index in [2.05, 4.69) is 10.2 Å². The Morgan fingerprint density at radius 2 is 1.89 bits per heavy atom. The van der Waals surface area contributed by atoms with Crippen molar-refractivity contribution in [1.29, 1.82) is 0 Å². The van der Waals surface area contributed by atoms with E-state index in [0.717, 1.165) is 19.4 Å². The molecule has 7 nitrogen and oxygen atoms in total. The van der Waals surface area contributed by atoms with Crippen LogP contribution >= 0.6 is 24.8 Å². The maximum absolute atomic E-state index is 12.9. The number of rotatable bonds is 6. The van der Waals surface area contributed by atoms with Crippen molar-refractivity contribution >= 4 is 46.4 Å². The van der Waals surface area contributed by atoms with Gasteiger partial charge in [0.25, 0.3) is 0 Å². The van der Waals surface area contributed by atoms with Gasteiger partial charge in [-0.05, 0) is 44.1 Å². The molecule has 162 valence electrons. The number of carbonyl (C=O) groups excluding carboxylic acids is 1. The lowest BCUT2D eigenvalue weighted by molar-refractivity contribution is -0.118. The second-order valence-electron chi connectivity index (χ2n) is 6.99. The van der Waals surface area contributed by atoms with Crippen molar-refractivity contribution in [1.82, 2.24) is 9.21 Å². The first-order valence-electron chi connectivity index (χ1n) is 9.11. The predicted molar refractivity (Wildman–Crippen MR) is 118 cm³/mol. The zero-order valence-corrected chi connectivity index (χ0v) is 19.1. The van der Waals surface area contributed by atoms with E-state index in [1.54, 1.807) is 18.2 Å². The molecule has 1 aromatic carbocycles. The van der Waals surface area contributed by atoms with Gasteiger partial charge < -0.3 is 16.0 Å². The molecule has 0 aliphatic carbocycles. The number of carbonyl (C=O) groups is 1. The Labute approximate surface area is 180 Å². The van der Waals surface area contributed by atoms with Crippen LogP contribution in [0.2, 0.25) is 0 Å². The number of nitrogens with one attached hydrogen (secondary N) is 1. The van der Waals surface area contributed by atoms with Crippen LogP contribution in [-0.2, 0) is 14.8 Å². The standard InChI is InChI=1S/C18H30N4O3S.2ClH/c1-4-14(2)17(19)18(23)20-15-7-5-8-16(13-15)26(24,25)22-10-6-9-21(3)11-12-22;;/h5,7-8,13-14,17H,4,6,9-12,19H2,1-3H3,(H,20,23);2*1H. The van der Waals surface area contributed by atoms with E-state index in [1.807, 2.05) is 20.9 Å². The van der Waals surface area contributed by atoms with Crippen molar-refractivity contribution in [3.8, 4) is 0 Å². The van der Waals surface area contributed by atoms with Gasteiger partial charge >= 0.3 is 0 Å². The Kier molecular flexibility index (Phi) is 11.6. The maximum Gasteiger partial charge on any atom is 0.243 e. The van der Waals surface area contributed by atoms with Crippen LogP contribution in [0.4, 0.5) is 5.69 Å². The summed E-state index contributed by atoms with van der Waals surface area (Å²) in [4.78, 5) is 14.6. The highest BCUT2D eigenvalue weighted by atomic mass is 35.5. The first-order chi connectivity index (χ1) is 12.3. The molecule has 1 heterocycles. The summed E-state index contributed by atoms with van der Waals surface area (Å²) in [5.41, 5.74) is 6.39. The second-order valence-corrected chi connectivity index (χ2v) is 8.93. The van der Waals surface area contributed by atoms with Crippen molar-refractivity contribution in [3.05, 3.63) is 24.3 Å². The summed E-state index contributed by atoms with van der Waals surface area (Å²) in [5.74, 6) is -0.249. The van der Waals surface area contributed by atoms with Gasteiger partial charge in [-0.2, -0.15) is 4.31 Å². The molecule has 1 saturated heterocycles. The van der Waals surface area contributed by atoms with Gasteiger partial charge in [0, 0.05) is 25.3 Å². The van der Waals surface area contributed by atoms with Crippen LogP contribution in [0.15, 0.2) is 29.2 Å². The number of hydrogen-bond donors (Lipinski definition) is 2. The van der Waals surface area contributed by atoms with E-state index in [9.17, 15) is 13.2 Å². The number of nitrogens with zero attached hydrogens (tertiary/aromatic N) is 2. The number of benzene rings is 1. The molecule has 0 spiro atoms. The molecular formula is C18H32Cl2N4O3S. The van der Waals surface area contributed by atoms with Crippen LogP contribution in [0.1, 0.15) is 26.7 Å². The highest BCUT2D eigenvalue weighted by Crippen LogP contribution is 2.21. The van der Waals surface area contributed by atoms with Gasteiger partial charge in [0.1, 0.15) is 0 Å². The molecule has 1 amide bonds. The summed E-state index contributed by atoms with van der Waals surface area (Å²) < 4.78 is 27.4. The average Bonchev–Trinajstić information content (AvgIpc) is 2.85. The molecule has 0 bridgehead atoms. The summed E-state index contributed by atoms with van der Waals surface area (Å²) in [6.45, 7) is 6.45.